The zero-order valence-electron chi connectivity index (χ0n) is 18.1. The lowest BCUT2D eigenvalue weighted by Crippen LogP contribution is -2.16. The lowest BCUT2D eigenvalue weighted by Gasteiger charge is -2.12. The first-order valence-corrected chi connectivity index (χ1v) is 11.7. The summed E-state index contributed by atoms with van der Waals surface area (Å²) in [6.07, 6.45) is 4.98. The molecule has 0 bridgehead atoms. The molecular formula is C24H31NO4S. The highest BCUT2D eigenvalue weighted by Crippen LogP contribution is 2.38. The third kappa shape index (κ3) is 5.63. The minimum absolute atomic E-state index is 0.0992. The number of anilines is 1. The van der Waals surface area contributed by atoms with Gasteiger partial charge in [0.1, 0.15) is 10.8 Å². The summed E-state index contributed by atoms with van der Waals surface area (Å²) < 4.78 is 11.0. The number of esters is 1. The summed E-state index contributed by atoms with van der Waals surface area (Å²) in [6.45, 7) is 6.91. The van der Waals surface area contributed by atoms with Gasteiger partial charge in [0, 0.05) is 11.3 Å². The molecule has 0 unspecified atom stereocenters. The molecule has 0 spiro atoms. The van der Waals surface area contributed by atoms with Gasteiger partial charge in [-0.15, -0.1) is 11.3 Å². The molecule has 1 aliphatic carbocycles. The number of amides is 1. The van der Waals surface area contributed by atoms with E-state index in [2.05, 4.69) is 31.3 Å². The Balaban J connectivity index is 1.53. The summed E-state index contributed by atoms with van der Waals surface area (Å²) in [5, 5.41) is 3.58. The van der Waals surface area contributed by atoms with Gasteiger partial charge < -0.3 is 14.8 Å². The van der Waals surface area contributed by atoms with E-state index in [1.165, 1.54) is 21.8 Å². The number of nitrogens with one attached hydrogen (secondary N) is 1. The Morgan fingerprint density at radius 1 is 1.13 bits per heavy atom. The van der Waals surface area contributed by atoms with Crippen LogP contribution in [0.4, 0.5) is 5.00 Å². The van der Waals surface area contributed by atoms with Crippen LogP contribution in [-0.2, 0) is 22.4 Å². The number of fused-ring (bicyclic) bond motifs is 1. The van der Waals surface area contributed by atoms with Crippen LogP contribution < -0.4 is 10.1 Å². The van der Waals surface area contributed by atoms with Gasteiger partial charge in [-0.25, -0.2) is 4.79 Å². The Bertz CT molecular complexity index is 870. The van der Waals surface area contributed by atoms with Crippen molar-refractivity contribution in [1.29, 1.82) is 0 Å². The van der Waals surface area contributed by atoms with E-state index in [0.29, 0.717) is 42.5 Å². The number of aryl methyl sites for hydroxylation is 1. The van der Waals surface area contributed by atoms with Crippen LogP contribution in [0.3, 0.4) is 0 Å². The summed E-state index contributed by atoms with van der Waals surface area (Å²) in [7, 11) is 0. The highest BCUT2D eigenvalue weighted by atomic mass is 32.1. The van der Waals surface area contributed by atoms with Crippen molar-refractivity contribution < 1.29 is 19.1 Å². The maximum atomic E-state index is 12.5. The van der Waals surface area contributed by atoms with E-state index < -0.39 is 0 Å². The van der Waals surface area contributed by atoms with Crippen molar-refractivity contribution in [3.8, 4) is 5.75 Å². The topological polar surface area (TPSA) is 64.6 Å². The van der Waals surface area contributed by atoms with Gasteiger partial charge in [-0.05, 0) is 68.2 Å². The first kappa shape index (κ1) is 22.3. The molecule has 0 saturated carbocycles. The molecule has 1 N–H and O–H groups in total. The minimum Gasteiger partial charge on any atom is -0.494 e. The number of benzene rings is 1. The first-order chi connectivity index (χ1) is 14.5. The van der Waals surface area contributed by atoms with Gasteiger partial charge >= 0.3 is 5.97 Å². The molecule has 0 atom stereocenters. The number of hydrogen-bond acceptors (Lipinski definition) is 5. The van der Waals surface area contributed by atoms with E-state index in [1.54, 1.807) is 6.92 Å². The Hall–Kier alpha value is -2.34. The smallest absolute Gasteiger partial charge is 0.341 e. The Kier molecular flexibility index (Phi) is 7.91. The SMILES string of the molecule is CCOC(=O)c1c(NC(=O)CCCOc2ccc(C(C)C)cc2)sc2c1CCCC2. The van der Waals surface area contributed by atoms with Gasteiger partial charge in [-0.2, -0.15) is 0 Å². The Morgan fingerprint density at radius 3 is 2.57 bits per heavy atom. The Labute approximate surface area is 182 Å². The number of rotatable bonds is 9. The first-order valence-electron chi connectivity index (χ1n) is 10.8. The van der Waals surface area contributed by atoms with E-state index in [9.17, 15) is 9.59 Å². The van der Waals surface area contributed by atoms with Crippen LogP contribution in [0.25, 0.3) is 0 Å². The molecule has 1 aliphatic rings. The van der Waals surface area contributed by atoms with Gasteiger partial charge in [-0.1, -0.05) is 26.0 Å². The third-order valence-electron chi connectivity index (χ3n) is 5.27. The maximum absolute atomic E-state index is 12.5. The molecule has 0 saturated heterocycles. The summed E-state index contributed by atoms with van der Waals surface area (Å²) in [5.74, 6) is 0.874. The average Bonchev–Trinajstić information content (AvgIpc) is 3.09. The summed E-state index contributed by atoms with van der Waals surface area (Å²) in [6, 6.07) is 8.08. The molecule has 162 valence electrons. The standard InChI is InChI=1S/C24H31NO4S/c1-4-28-24(27)22-19-8-5-6-9-20(19)30-23(22)25-21(26)10-7-15-29-18-13-11-17(12-14-18)16(2)3/h11-14,16H,4-10,15H2,1-3H3,(H,25,26). The zero-order valence-corrected chi connectivity index (χ0v) is 18.9. The summed E-state index contributed by atoms with van der Waals surface area (Å²) in [4.78, 5) is 26.2. The fourth-order valence-corrected chi connectivity index (χ4v) is 4.93. The zero-order chi connectivity index (χ0) is 21.5. The molecule has 0 aliphatic heterocycles. The molecule has 2 aromatic rings. The van der Waals surface area contributed by atoms with E-state index >= 15 is 0 Å². The predicted molar refractivity (Wildman–Crippen MR) is 121 cm³/mol. The molecule has 5 nitrogen and oxygen atoms in total. The second-order valence-electron chi connectivity index (χ2n) is 7.86. The van der Waals surface area contributed by atoms with Crippen LogP contribution in [0, 0.1) is 0 Å². The fraction of sp³-hybridized carbons (Fsp3) is 0.500. The van der Waals surface area contributed by atoms with Crippen molar-refractivity contribution in [1.82, 2.24) is 0 Å². The van der Waals surface area contributed by atoms with Crippen molar-refractivity contribution >= 4 is 28.2 Å². The van der Waals surface area contributed by atoms with Crippen LogP contribution in [0.1, 0.15) is 78.7 Å². The highest BCUT2D eigenvalue weighted by Gasteiger charge is 2.27. The summed E-state index contributed by atoms with van der Waals surface area (Å²) >= 11 is 1.52. The minimum atomic E-state index is -0.333. The van der Waals surface area contributed by atoms with Crippen molar-refractivity contribution in [2.45, 2.75) is 65.2 Å². The number of carbonyl (C=O) groups excluding carboxylic acids is 2. The molecular weight excluding hydrogens is 398 g/mol. The van der Waals surface area contributed by atoms with Crippen molar-refractivity contribution in [2.24, 2.45) is 0 Å². The lowest BCUT2D eigenvalue weighted by molar-refractivity contribution is -0.116. The fourth-order valence-electron chi connectivity index (χ4n) is 3.63. The predicted octanol–water partition coefficient (Wildman–Crippen LogP) is 5.72. The van der Waals surface area contributed by atoms with Crippen molar-refractivity contribution in [3.63, 3.8) is 0 Å². The van der Waals surface area contributed by atoms with Crippen LogP contribution in [0.15, 0.2) is 24.3 Å². The van der Waals surface area contributed by atoms with Gasteiger partial charge in [0.15, 0.2) is 0 Å². The molecule has 1 amide bonds. The van der Waals surface area contributed by atoms with E-state index in [-0.39, 0.29) is 11.9 Å². The van der Waals surface area contributed by atoms with Crippen LogP contribution >= 0.6 is 11.3 Å². The second kappa shape index (κ2) is 10.6. The van der Waals surface area contributed by atoms with Gasteiger partial charge in [0.2, 0.25) is 5.91 Å². The molecule has 30 heavy (non-hydrogen) atoms. The van der Waals surface area contributed by atoms with Crippen LogP contribution in [0.2, 0.25) is 0 Å². The Morgan fingerprint density at radius 2 is 1.87 bits per heavy atom. The largest absolute Gasteiger partial charge is 0.494 e. The van der Waals surface area contributed by atoms with Gasteiger partial charge in [-0.3, -0.25) is 4.79 Å². The normalized spacial score (nSPS) is 13.1. The highest BCUT2D eigenvalue weighted by molar-refractivity contribution is 7.17. The molecule has 1 heterocycles. The molecule has 1 aromatic carbocycles. The third-order valence-corrected chi connectivity index (χ3v) is 6.47. The number of ether oxygens (including phenoxy) is 2. The van der Waals surface area contributed by atoms with Crippen molar-refractivity contribution in [3.05, 3.63) is 45.8 Å². The van der Waals surface area contributed by atoms with Crippen LogP contribution in [-0.4, -0.2) is 25.1 Å². The molecule has 0 fully saturated rings. The molecule has 6 heteroatoms. The molecule has 1 aromatic heterocycles. The molecule has 3 rings (SSSR count). The number of thiophene rings is 1. The second-order valence-corrected chi connectivity index (χ2v) is 8.96. The molecule has 0 radical (unpaired) electrons. The maximum Gasteiger partial charge on any atom is 0.341 e. The van der Waals surface area contributed by atoms with E-state index in [0.717, 1.165) is 37.0 Å². The van der Waals surface area contributed by atoms with E-state index in [1.807, 2.05) is 12.1 Å². The number of hydrogen-bond donors (Lipinski definition) is 1. The monoisotopic (exact) mass is 429 g/mol. The van der Waals surface area contributed by atoms with Gasteiger partial charge in [0.05, 0.1) is 18.8 Å². The quantitative estimate of drug-likeness (QED) is 0.409. The summed E-state index contributed by atoms with van der Waals surface area (Å²) in [5.41, 5.74) is 2.90. The number of carbonyl (C=O) groups is 2. The van der Waals surface area contributed by atoms with E-state index in [4.69, 9.17) is 9.47 Å². The van der Waals surface area contributed by atoms with Gasteiger partial charge in [0.25, 0.3) is 0 Å². The van der Waals surface area contributed by atoms with Crippen LogP contribution in [0.5, 0.6) is 5.75 Å². The average molecular weight is 430 g/mol. The lowest BCUT2D eigenvalue weighted by atomic mass is 9.95. The van der Waals surface area contributed by atoms with Crippen molar-refractivity contribution in [2.75, 3.05) is 18.5 Å².